The Labute approximate surface area is 175 Å². The number of urea groups is 1. The number of rotatable bonds is 8. The average Bonchev–Trinajstić information content (AvgIpc) is 2.66. The van der Waals surface area contributed by atoms with Crippen LogP contribution >= 0.6 is 23.4 Å². The van der Waals surface area contributed by atoms with E-state index in [4.69, 9.17) is 11.6 Å². The van der Waals surface area contributed by atoms with Gasteiger partial charge in [0.25, 0.3) is 0 Å². The van der Waals surface area contributed by atoms with Gasteiger partial charge in [0.05, 0.1) is 5.75 Å². The number of piperazine rings is 1. The maximum absolute atomic E-state index is 12.1. The first-order valence-corrected chi connectivity index (χ1v) is 11.0. The van der Waals surface area contributed by atoms with Crippen LogP contribution in [0.4, 0.5) is 10.6 Å². The molecule has 28 heavy (non-hydrogen) atoms. The van der Waals surface area contributed by atoms with E-state index in [1.165, 1.54) is 11.8 Å². The van der Waals surface area contributed by atoms with Crippen molar-refractivity contribution >= 4 is 41.1 Å². The zero-order chi connectivity index (χ0) is 20.5. The average molecular weight is 429 g/mol. The monoisotopic (exact) mass is 428 g/mol. The fraction of sp³-hybridized carbons (Fsp3) is 0.667. The molecule has 1 aromatic rings. The van der Waals surface area contributed by atoms with Crippen LogP contribution in [0.3, 0.4) is 0 Å². The molecule has 2 heterocycles. The van der Waals surface area contributed by atoms with Gasteiger partial charge in [0, 0.05) is 44.8 Å². The van der Waals surface area contributed by atoms with Crippen LogP contribution in [0.25, 0.3) is 0 Å². The van der Waals surface area contributed by atoms with Gasteiger partial charge >= 0.3 is 6.03 Å². The molecule has 1 aliphatic rings. The minimum Gasteiger partial charge on any atom is -0.355 e. The third-order valence-corrected chi connectivity index (χ3v) is 5.43. The van der Waals surface area contributed by atoms with Gasteiger partial charge in [-0.15, -0.1) is 0 Å². The van der Waals surface area contributed by atoms with Crippen molar-refractivity contribution in [1.82, 2.24) is 25.5 Å². The van der Waals surface area contributed by atoms with E-state index in [0.717, 1.165) is 18.7 Å². The number of halogens is 1. The molecule has 0 bridgehead atoms. The highest BCUT2D eigenvalue weighted by molar-refractivity contribution is 7.99. The maximum Gasteiger partial charge on any atom is 0.317 e. The zero-order valence-electron chi connectivity index (χ0n) is 16.7. The van der Waals surface area contributed by atoms with Crippen molar-refractivity contribution in [3.05, 3.63) is 11.2 Å². The Morgan fingerprint density at radius 3 is 2.75 bits per heavy atom. The number of anilines is 1. The van der Waals surface area contributed by atoms with Crippen LogP contribution in [0.2, 0.25) is 5.15 Å². The molecule has 3 amide bonds. The molecular weight excluding hydrogens is 400 g/mol. The van der Waals surface area contributed by atoms with Crippen LogP contribution in [0.1, 0.15) is 33.6 Å². The van der Waals surface area contributed by atoms with Gasteiger partial charge in [-0.25, -0.2) is 14.8 Å². The summed E-state index contributed by atoms with van der Waals surface area (Å²) in [6, 6.07) is 1.73. The number of hydrogen-bond acceptors (Lipinski definition) is 6. The van der Waals surface area contributed by atoms with Gasteiger partial charge in [-0.1, -0.05) is 36.7 Å². The summed E-state index contributed by atoms with van der Waals surface area (Å²) in [5, 5.41) is 6.54. The van der Waals surface area contributed by atoms with E-state index in [1.807, 2.05) is 18.7 Å². The Balaban J connectivity index is 1.96. The van der Waals surface area contributed by atoms with Crippen LogP contribution < -0.4 is 15.5 Å². The highest BCUT2D eigenvalue weighted by Crippen LogP contribution is 2.24. The summed E-state index contributed by atoms with van der Waals surface area (Å²) in [5.74, 6) is 0.939. The van der Waals surface area contributed by atoms with Gasteiger partial charge in [0.2, 0.25) is 5.91 Å². The topological polar surface area (TPSA) is 90.5 Å². The lowest BCUT2D eigenvalue weighted by molar-refractivity contribution is -0.118. The Bertz CT molecular complexity index is 677. The fourth-order valence-electron chi connectivity index (χ4n) is 2.92. The van der Waals surface area contributed by atoms with Crippen LogP contribution in [0.15, 0.2) is 11.2 Å². The molecule has 0 spiro atoms. The van der Waals surface area contributed by atoms with Crippen molar-refractivity contribution in [2.75, 3.05) is 43.4 Å². The fourth-order valence-corrected chi connectivity index (χ4v) is 3.83. The second-order valence-corrected chi connectivity index (χ2v) is 7.98. The van der Waals surface area contributed by atoms with E-state index in [2.05, 4.69) is 32.4 Å². The Morgan fingerprint density at radius 1 is 1.29 bits per heavy atom. The maximum atomic E-state index is 12.1. The number of unbranched alkanes of at least 4 members (excludes halogenated alkanes) is 1. The molecule has 0 aliphatic carbocycles. The van der Waals surface area contributed by atoms with Gasteiger partial charge in [0.15, 0.2) is 5.16 Å². The summed E-state index contributed by atoms with van der Waals surface area (Å²) in [7, 11) is 0. The lowest BCUT2D eigenvalue weighted by Crippen LogP contribution is -2.56. The summed E-state index contributed by atoms with van der Waals surface area (Å²) in [6.07, 6.45) is 2.01. The van der Waals surface area contributed by atoms with Crippen molar-refractivity contribution in [2.45, 2.75) is 44.8 Å². The highest BCUT2D eigenvalue weighted by Gasteiger charge is 2.28. The van der Waals surface area contributed by atoms with Gasteiger partial charge < -0.3 is 20.4 Å². The lowest BCUT2D eigenvalue weighted by atomic mass is 10.2. The highest BCUT2D eigenvalue weighted by atomic mass is 35.5. The number of thioether (sulfide) groups is 1. The summed E-state index contributed by atoms with van der Waals surface area (Å²) in [5.41, 5.74) is 0. The van der Waals surface area contributed by atoms with E-state index in [1.54, 1.807) is 6.07 Å². The Morgan fingerprint density at radius 2 is 2.07 bits per heavy atom. The zero-order valence-corrected chi connectivity index (χ0v) is 18.3. The minimum atomic E-state index is -0.0410. The largest absolute Gasteiger partial charge is 0.355 e. The first kappa shape index (κ1) is 22.5. The molecule has 1 aromatic heterocycles. The third-order valence-electron chi connectivity index (χ3n) is 4.39. The van der Waals surface area contributed by atoms with Crippen LogP contribution in [-0.2, 0) is 4.79 Å². The molecule has 1 saturated heterocycles. The molecule has 156 valence electrons. The van der Waals surface area contributed by atoms with E-state index in [-0.39, 0.29) is 23.7 Å². The van der Waals surface area contributed by atoms with Gasteiger partial charge in [-0.3, -0.25) is 4.79 Å². The normalized spacial score (nSPS) is 16.8. The molecule has 10 heteroatoms. The molecule has 1 atom stereocenters. The van der Waals surface area contributed by atoms with Crippen molar-refractivity contribution in [2.24, 2.45) is 0 Å². The van der Waals surface area contributed by atoms with Crippen LogP contribution in [0.5, 0.6) is 0 Å². The molecule has 2 N–H and O–H groups in total. The lowest BCUT2D eigenvalue weighted by Gasteiger charge is -2.40. The van der Waals surface area contributed by atoms with Gasteiger partial charge in [0.1, 0.15) is 11.0 Å². The van der Waals surface area contributed by atoms with E-state index in [9.17, 15) is 9.59 Å². The number of carbonyl (C=O) groups excluding carboxylic acids is 2. The van der Waals surface area contributed by atoms with Crippen molar-refractivity contribution in [1.29, 1.82) is 0 Å². The van der Waals surface area contributed by atoms with Crippen LogP contribution in [-0.4, -0.2) is 71.3 Å². The Hall–Kier alpha value is -1.74. The molecular formula is C18H29ClN6O2S. The predicted octanol–water partition coefficient (Wildman–Crippen LogP) is 2.38. The number of amides is 3. The molecule has 2 rings (SSSR count). The molecule has 0 saturated carbocycles. The number of aromatic nitrogens is 2. The number of nitrogens with zero attached hydrogens (tertiary/aromatic N) is 4. The summed E-state index contributed by atoms with van der Waals surface area (Å²) >= 11 is 7.45. The quantitative estimate of drug-likeness (QED) is 0.286. The molecule has 0 aromatic carbocycles. The Kier molecular flexibility index (Phi) is 9.11. The van der Waals surface area contributed by atoms with E-state index < -0.39 is 0 Å². The summed E-state index contributed by atoms with van der Waals surface area (Å²) in [4.78, 5) is 36.7. The smallest absolute Gasteiger partial charge is 0.317 e. The van der Waals surface area contributed by atoms with Crippen molar-refractivity contribution in [3.63, 3.8) is 0 Å². The van der Waals surface area contributed by atoms with Crippen LogP contribution in [0, 0.1) is 0 Å². The molecule has 8 nitrogen and oxygen atoms in total. The first-order chi connectivity index (χ1) is 13.4. The second-order valence-electron chi connectivity index (χ2n) is 6.65. The summed E-state index contributed by atoms with van der Waals surface area (Å²) in [6.45, 7) is 9.23. The molecule has 1 fully saturated rings. The van der Waals surface area contributed by atoms with E-state index in [0.29, 0.717) is 43.0 Å². The standard InChI is InChI=1S/C18H29ClN6O2S/c1-4-6-7-21-16(26)12-28-17-22-14(19)10-15(23-17)24-8-9-25(13(3)11-24)18(27)20-5-2/h10,13H,4-9,11-12H2,1-3H3,(H,20,27)(H,21,26)/t13-/m0/s1. The van der Waals surface area contributed by atoms with Gasteiger partial charge in [-0.05, 0) is 20.3 Å². The molecule has 0 radical (unpaired) electrons. The predicted molar refractivity (Wildman–Crippen MR) is 113 cm³/mol. The number of carbonyl (C=O) groups is 2. The first-order valence-electron chi connectivity index (χ1n) is 9.68. The number of hydrogen-bond donors (Lipinski definition) is 2. The second kappa shape index (κ2) is 11.3. The molecule has 0 unspecified atom stereocenters. The third kappa shape index (κ3) is 6.70. The van der Waals surface area contributed by atoms with Gasteiger partial charge in [-0.2, -0.15) is 0 Å². The van der Waals surface area contributed by atoms with E-state index >= 15 is 0 Å². The van der Waals surface area contributed by atoms with Crippen molar-refractivity contribution < 1.29 is 9.59 Å². The minimum absolute atomic E-state index is 0.0345. The molecule has 1 aliphatic heterocycles. The number of nitrogens with one attached hydrogen (secondary N) is 2. The SMILES string of the molecule is CCCCNC(=O)CSc1nc(Cl)cc(N2CCN(C(=O)NCC)[C@@H](C)C2)n1. The summed E-state index contributed by atoms with van der Waals surface area (Å²) < 4.78 is 0. The van der Waals surface area contributed by atoms with Crippen molar-refractivity contribution in [3.8, 4) is 0 Å².